The maximum absolute atomic E-state index is 11.8. The minimum atomic E-state index is -0.753. The van der Waals surface area contributed by atoms with Crippen LogP contribution in [0, 0.1) is 0 Å². The smallest absolute Gasteiger partial charge is 0.314 e. The Morgan fingerprint density at radius 1 is 1.12 bits per heavy atom. The van der Waals surface area contributed by atoms with Crippen molar-refractivity contribution >= 4 is 23.0 Å². The molecule has 0 bridgehead atoms. The minimum Gasteiger partial charge on any atom is -0.479 e. The summed E-state index contributed by atoms with van der Waals surface area (Å²) in [4.78, 5) is 25.7. The van der Waals surface area contributed by atoms with Gasteiger partial charge in [0.05, 0.1) is 29.0 Å². The van der Waals surface area contributed by atoms with E-state index in [1.165, 1.54) is 6.20 Å². The molecule has 8 heteroatoms. The van der Waals surface area contributed by atoms with Crippen LogP contribution in [-0.2, 0) is 0 Å². The molecule has 0 radical (unpaired) electrons. The SMILES string of the molecule is NC(=O)c1nc(O)ncc1N1c2ccccc2NC1c1ccccn1. The average molecular weight is 334 g/mol. The third-order valence-corrected chi connectivity index (χ3v) is 3.93. The molecule has 1 aliphatic rings. The fourth-order valence-electron chi connectivity index (χ4n) is 2.89. The summed E-state index contributed by atoms with van der Waals surface area (Å²) < 4.78 is 0. The van der Waals surface area contributed by atoms with E-state index >= 15 is 0 Å². The maximum atomic E-state index is 11.8. The lowest BCUT2D eigenvalue weighted by Gasteiger charge is -2.27. The number of nitrogens with two attached hydrogens (primary N) is 1. The van der Waals surface area contributed by atoms with E-state index in [4.69, 9.17) is 5.73 Å². The Balaban J connectivity index is 1.92. The van der Waals surface area contributed by atoms with Crippen molar-refractivity contribution in [1.29, 1.82) is 0 Å². The van der Waals surface area contributed by atoms with Crippen LogP contribution in [0.25, 0.3) is 0 Å². The molecule has 2 aromatic heterocycles. The van der Waals surface area contributed by atoms with Gasteiger partial charge in [0, 0.05) is 6.20 Å². The van der Waals surface area contributed by atoms with E-state index in [-0.39, 0.29) is 11.9 Å². The number of para-hydroxylation sites is 2. The molecule has 0 saturated heterocycles. The number of fused-ring (bicyclic) bond motifs is 1. The zero-order chi connectivity index (χ0) is 17.4. The van der Waals surface area contributed by atoms with Crippen molar-refractivity contribution in [2.75, 3.05) is 10.2 Å². The number of amides is 1. The molecule has 0 fully saturated rings. The summed E-state index contributed by atoms with van der Waals surface area (Å²) in [6.45, 7) is 0. The Morgan fingerprint density at radius 2 is 1.92 bits per heavy atom. The van der Waals surface area contributed by atoms with Gasteiger partial charge in [0.2, 0.25) is 0 Å². The van der Waals surface area contributed by atoms with Crippen LogP contribution in [0.3, 0.4) is 0 Å². The largest absolute Gasteiger partial charge is 0.479 e. The molecule has 0 saturated carbocycles. The van der Waals surface area contributed by atoms with E-state index in [1.54, 1.807) is 6.20 Å². The summed E-state index contributed by atoms with van der Waals surface area (Å²) in [5.41, 5.74) is 8.23. The van der Waals surface area contributed by atoms with Crippen molar-refractivity contribution in [3.05, 3.63) is 66.2 Å². The summed E-state index contributed by atoms with van der Waals surface area (Å²) in [7, 11) is 0. The molecule has 0 spiro atoms. The fraction of sp³-hybridized carbons (Fsp3) is 0.0588. The van der Waals surface area contributed by atoms with Crippen molar-refractivity contribution in [3.8, 4) is 6.01 Å². The highest BCUT2D eigenvalue weighted by molar-refractivity contribution is 5.99. The molecule has 124 valence electrons. The van der Waals surface area contributed by atoms with Crippen LogP contribution >= 0.6 is 0 Å². The Morgan fingerprint density at radius 3 is 2.68 bits per heavy atom. The Kier molecular flexibility index (Phi) is 3.42. The third kappa shape index (κ3) is 2.49. The molecule has 4 rings (SSSR count). The van der Waals surface area contributed by atoms with Crippen molar-refractivity contribution in [2.24, 2.45) is 5.73 Å². The molecule has 3 aromatic rings. The van der Waals surface area contributed by atoms with Crippen LogP contribution < -0.4 is 16.0 Å². The van der Waals surface area contributed by atoms with Crippen molar-refractivity contribution < 1.29 is 9.90 Å². The standard InChI is InChI=1S/C17H14N6O2/c18-15(24)14-13(9-20-17(25)22-14)23-12-7-2-1-5-10(12)21-16(23)11-6-3-4-8-19-11/h1-9,16,21H,(H2,18,24)(H,20,22,25). The number of pyridine rings is 1. The number of rotatable bonds is 3. The van der Waals surface area contributed by atoms with Gasteiger partial charge in [-0.05, 0) is 24.3 Å². The predicted molar refractivity (Wildman–Crippen MR) is 91.4 cm³/mol. The second-order valence-electron chi connectivity index (χ2n) is 5.46. The summed E-state index contributed by atoms with van der Waals surface area (Å²) in [6.07, 6.45) is 2.70. The van der Waals surface area contributed by atoms with E-state index < -0.39 is 11.9 Å². The van der Waals surface area contributed by atoms with Gasteiger partial charge in [-0.15, -0.1) is 0 Å². The van der Waals surface area contributed by atoms with E-state index in [1.807, 2.05) is 47.4 Å². The molecule has 25 heavy (non-hydrogen) atoms. The molecular weight excluding hydrogens is 320 g/mol. The van der Waals surface area contributed by atoms with Gasteiger partial charge in [0.25, 0.3) is 5.91 Å². The lowest BCUT2D eigenvalue weighted by Crippen LogP contribution is -2.27. The van der Waals surface area contributed by atoms with Crippen molar-refractivity contribution in [2.45, 2.75) is 6.17 Å². The second kappa shape index (κ2) is 5.75. The minimum absolute atomic E-state index is 0.0630. The number of nitrogens with one attached hydrogen (secondary N) is 1. The highest BCUT2D eigenvalue weighted by atomic mass is 16.3. The second-order valence-corrected chi connectivity index (χ2v) is 5.46. The number of anilines is 3. The molecule has 8 nitrogen and oxygen atoms in total. The van der Waals surface area contributed by atoms with Crippen LogP contribution in [0.4, 0.5) is 17.1 Å². The van der Waals surface area contributed by atoms with Crippen LogP contribution in [0.5, 0.6) is 6.01 Å². The third-order valence-electron chi connectivity index (χ3n) is 3.93. The summed E-state index contributed by atoms with van der Waals surface area (Å²) in [5.74, 6) is -0.753. The monoisotopic (exact) mass is 334 g/mol. The highest BCUT2D eigenvalue weighted by Crippen LogP contribution is 2.45. The molecule has 1 atom stereocenters. The van der Waals surface area contributed by atoms with Gasteiger partial charge in [-0.25, -0.2) is 4.98 Å². The highest BCUT2D eigenvalue weighted by Gasteiger charge is 2.34. The number of primary amides is 1. The quantitative estimate of drug-likeness (QED) is 0.670. The fourth-order valence-corrected chi connectivity index (χ4v) is 2.89. The number of carbonyl (C=O) groups is 1. The molecule has 0 aliphatic carbocycles. The van der Waals surface area contributed by atoms with Crippen molar-refractivity contribution in [3.63, 3.8) is 0 Å². The number of benzene rings is 1. The normalized spacial score (nSPS) is 15.5. The van der Waals surface area contributed by atoms with Gasteiger partial charge in [0.15, 0.2) is 5.69 Å². The van der Waals surface area contributed by atoms with E-state index in [0.717, 1.165) is 17.1 Å². The number of hydrogen-bond donors (Lipinski definition) is 3. The summed E-state index contributed by atoms with van der Waals surface area (Å²) in [5, 5.41) is 12.9. The van der Waals surface area contributed by atoms with Gasteiger partial charge < -0.3 is 21.1 Å². The first-order chi connectivity index (χ1) is 12.1. The number of nitrogens with zero attached hydrogens (tertiary/aromatic N) is 4. The molecule has 1 unspecified atom stereocenters. The predicted octanol–water partition coefficient (Wildman–Crippen LogP) is 1.94. The zero-order valence-electron chi connectivity index (χ0n) is 13.0. The molecular formula is C17H14N6O2. The van der Waals surface area contributed by atoms with Crippen LogP contribution in [0.2, 0.25) is 0 Å². The first kappa shape index (κ1) is 14.9. The first-order valence-corrected chi connectivity index (χ1v) is 7.56. The lowest BCUT2D eigenvalue weighted by molar-refractivity contribution is 0.0995. The topological polar surface area (TPSA) is 117 Å². The summed E-state index contributed by atoms with van der Waals surface area (Å²) in [6, 6.07) is 12.7. The van der Waals surface area contributed by atoms with Gasteiger partial charge in [-0.1, -0.05) is 18.2 Å². The van der Waals surface area contributed by atoms with Gasteiger partial charge in [0.1, 0.15) is 6.17 Å². The van der Waals surface area contributed by atoms with Gasteiger partial charge in [-0.3, -0.25) is 9.78 Å². The van der Waals surface area contributed by atoms with E-state index in [9.17, 15) is 9.90 Å². The zero-order valence-corrected chi connectivity index (χ0v) is 13.0. The number of aromatic hydroxyl groups is 1. The Labute approximate surface area is 143 Å². The summed E-state index contributed by atoms with van der Waals surface area (Å²) >= 11 is 0. The Hall–Kier alpha value is -3.68. The molecule has 3 heterocycles. The Bertz CT molecular complexity index is 947. The molecule has 1 amide bonds. The number of aromatic nitrogens is 3. The number of hydrogen-bond acceptors (Lipinski definition) is 7. The maximum Gasteiger partial charge on any atom is 0.314 e. The van der Waals surface area contributed by atoms with Gasteiger partial charge >= 0.3 is 6.01 Å². The molecule has 1 aliphatic heterocycles. The lowest BCUT2D eigenvalue weighted by atomic mass is 10.2. The van der Waals surface area contributed by atoms with Crippen molar-refractivity contribution in [1.82, 2.24) is 15.0 Å². The van der Waals surface area contributed by atoms with E-state index in [0.29, 0.717) is 5.69 Å². The van der Waals surface area contributed by atoms with Crippen LogP contribution in [0.15, 0.2) is 54.9 Å². The average Bonchev–Trinajstić information content (AvgIpc) is 3.02. The van der Waals surface area contributed by atoms with Crippen LogP contribution in [-0.4, -0.2) is 26.0 Å². The van der Waals surface area contributed by atoms with E-state index in [2.05, 4.69) is 20.3 Å². The number of carbonyl (C=O) groups excluding carboxylic acids is 1. The molecule has 4 N–H and O–H groups in total. The van der Waals surface area contributed by atoms with Crippen LogP contribution in [0.1, 0.15) is 22.3 Å². The van der Waals surface area contributed by atoms with Gasteiger partial charge in [-0.2, -0.15) is 4.98 Å². The molecule has 1 aromatic carbocycles. The first-order valence-electron chi connectivity index (χ1n) is 7.56.